The first-order valence-corrected chi connectivity index (χ1v) is 26.6. The molecule has 0 saturated heterocycles. The highest BCUT2D eigenvalue weighted by atomic mass is 16.5. The van der Waals surface area contributed by atoms with Crippen LogP contribution in [0.5, 0.6) is 23.0 Å². The van der Waals surface area contributed by atoms with E-state index in [0.717, 1.165) is 18.4 Å². The lowest BCUT2D eigenvalue weighted by Gasteiger charge is -2.11. The van der Waals surface area contributed by atoms with E-state index < -0.39 is 0 Å². The van der Waals surface area contributed by atoms with E-state index in [1.807, 2.05) is 54.6 Å². The summed E-state index contributed by atoms with van der Waals surface area (Å²) < 4.78 is 11.9. The van der Waals surface area contributed by atoms with Crippen LogP contribution in [0.1, 0.15) is 242 Å². The topological polar surface area (TPSA) is 83.6 Å². The Balaban J connectivity index is 1.28. The summed E-state index contributed by atoms with van der Waals surface area (Å²) >= 11 is 0. The van der Waals surface area contributed by atoms with Crippen LogP contribution in [-0.2, 0) is 0 Å². The fourth-order valence-corrected chi connectivity index (χ4v) is 8.46. The second-order valence-corrected chi connectivity index (χ2v) is 18.4. The Labute approximate surface area is 392 Å². The number of phenolic OH excluding ortho intramolecular Hbond substituents is 2. The number of aromatic hydroxyl groups is 2. The Morgan fingerprint density at radius 2 is 0.766 bits per heavy atom. The van der Waals surface area contributed by atoms with Crippen molar-refractivity contribution in [1.29, 1.82) is 0 Å². The van der Waals surface area contributed by atoms with Gasteiger partial charge < -0.3 is 19.7 Å². The predicted octanol–water partition coefficient (Wildman–Crippen LogP) is 17.7. The minimum Gasteiger partial charge on any atom is -0.507 e. The first-order chi connectivity index (χ1) is 31.6. The lowest BCUT2D eigenvalue weighted by Crippen LogP contribution is -2.02. The van der Waals surface area contributed by atoms with Gasteiger partial charge in [0, 0.05) is 35.7 Å². The fourth-order valence-electron chi connectivity index (χ4n) is 8.46. The molecule has 0 aromatic heterocycles. The Bertz CT molecular complexity index is 1590. The van der Waals surface area contributed by atoms with E-state index in [9.17, 15) is 10.2 Å². The Morgan fingerprint density at radius 1 is 0.422 bits per heavy atom. The minimum absolute atomic E-state index is 0.144. The molecule has 2 N–H and O–H groups in total. The van der Waals surface area contributed by atoms with Crippen molar-refractivity contribution in [2.75, 3.05) is 19.8 Å². The van der Waals surface area contributed by atoms with Crippen molar-refractivity contribution in [2.24, 2.45) is 9.98 Å². The summed E-state index contributed by atoms with van der Waals surface area (Å²) in [6.45, 7) is 6.28. The first-order valence-electron chi connectivity index (χ1n) is 26.6. The molecule has 1 unspecified atom stereocenters. The van der Waals surface area contributed by atoms with Gasteiger partial charge in [-0.25, -0.2) is 0 Å². The lowest BCUT2D eigenvalue weighted by molar-refractivity contribution is 0.302. The van der Waals surface area contributed by atoms with Crippen LogP contribution in [0.15, 0.2) is 76.7 Å². The van der Waals surface area contributed by atoms with Gasteiger partial charge in [-0.1, -0.05) is 237 Å². The van der Waals surface area contributed by atoms with Crippen molar-refractivity contribution >= 4 is 12.4 Å². The molecule has 0 fully saturated rings. The van der Waals surface area contributed by atoms with Gasteiger partial charge in [0.2, 0.25) is 0 Å². The first kappa shape index (κ1) is 54.5. The molecule has 0 spiro atoms. The molecule has 0 heterocycles. The van der Waals surface area contributed by atoms with Gasteiger partial charge in [-0.3, -0.25) is 9.98 Å². The standard InChI is InChI=1S/C58H92N2O4/c1-3-5-7-9-11-13-15-17-19-21-23-25-27-29-31-36-44-63-54-42-40-52(57(61)46-54)48-59-50-56(51-38-34-33-35-39-51)60-49-53-41-43-55(47-58(53)62)64-45-37-32-30-28-26-24-22-20-18-16-14-12-10-8-6-4-2/h33-35,38-43,46-49,56,61-62H,3-32,36-37,44-45,50H2,1-2H3. The number of hydrogen-bond donors (Lipinski definition) is 2. The minimum atomic E-state index is -0.257. The molecule has 6 nitrogen and oxygen atoms in total. The number of hydrogen-bond acceptors (Lipinski definition) is 6. The van der Waals surface area contributed by atoms with Crippen LogP contribution in [-0.4, -0.2) is 42.4 Å². The maximum Gasteiger partial charge on any atom is 0.128 e. The Morgan fingerprint density at radius 3 is 1.12 bits per heavy atom. The number of phenols is 2. The van der Waals surface area contributed by atoms with Gasteiger partial charge in [0.25, 0.3) is 0 Å². The van der Waals surface area contributed by atoms with Crippen LogP contribution >= 0.6 is 0 Å². The predicted molar refractivity (Wildman–Crippen MR) is 276 cm³/mol. The normalized spacial score (nSPS) is 12.2. The molecule has 64 heavy (non-hydrogen) atoms. The van der Waals surface area contributed by atoms with Crippen LogP contribution in [0, 0.1) is 0 Å². The highest BCUT2D eigenvalue weighted by molar-refractivity contribution is 5.84. The zero-order valence-corrected chi connectivity index (χ0v) is 40.9. The van der Waals surface area contributed by atoms with Crippen molar-refractivity contribution in [3.63, 3.8) is 0 Å². The Hall–Kier alpha value is -3.80. The fraction of sp³-hybridized carbons (Fsp3) is 0.655. The van der Waals surface area contributed by atoms with E-state index in [2.05, 4.69) is 18.8 Å². The van der Waals surface area contributed by atoms with E-state index >= 15 is 0 Å². The number of nitrogens with zero attached hydrogens (tertiary/aromatic N) is 2. The summed E-state index contributed by atoms with van der Waals surface area (Å²) in [4.78, 5) is 9.53. The number of ether oxygens (including phenoxy) is 2. The van der Waals surface area contributed by atoms with E-state index in [1.54, 1.807) is 24.6 Å². The summed E-state index contributed by atoms with van der Waals surface area (Å²) in [5.74, 6) is 1.65. The molecule has 0 amide bonds. The highest BCUT2D eigenvalue weighted by Gasteiger charge is 2.10. The third-order valence-corrected chi connectivity index (χ3v) is 12.6. The smallest absolute Gasteiger partial charge is 0.128 e. The molecule has 0 radical (unpaired) electrons. The summed E-state index contributed by atoms with van der Waals surface area (Å²) in [5.41, 5.74) is 2.29. The van der Waals surface area contributed by atoms with Gasteiger partial charge in [-0.2, -0.15) is 0 Å². The van der Waals surface area contributed by atoms with Gasteiger partial charge in [-0.05, 0) is 42.7 Å². The van der Waals surface area contributed by atoms with E-state index in [1.165, 1.54) is 193 Å². The quantitative estimate of drug-likeness (QED) is 0.0439. The maximum atomic E-state index is 10.8. The van der Waals surface area contributed by atoms with Crippen molar-refractivity contribution in [2.45, 2.75) is 225 Å². The van der Waals surface area contributed by atoms with Crippen molar-refractivity contribution in [1.82, 2.24) is 0 Å². The van der Waals surface area contributed by atoms with Gasteiger partial charge in [-0.15, -0.1) is 0 Å². The number of benzene rings is 3. The molecular formula is C58H92N2O4. The molecule has 1 atom stereocenters. The zero-order chi connectivity index (χ0) is 45.4. The van der Waals surface area contributed by atoms with Gasteiger partial charge >= 0.3 is 0 Å². The molecule has 6 heteroatoms. The summed E-state index contributed by atoms with van der Waals surface area (Å²) in [5, 5.41) is 21.6. The second kappa shape index (κ2) is 38.5. The zero-order valence-electron chi connectivity index (χ0n) is 40.9. The van der Waals surface area contributed by atoms with Crippen molar-refractivity contribution in [3.8, 4) is 23.0 Å². The molecule has 3 rings (SSSR count). The average Bonchev–Trinajstić information content (AvgIpc) is 3.31. The molecular weight excluding hydrogens is 789 g/mol. The lowest BCUT2D eigenvalue weighted by atomic mass is 10.0. The van der Waals surface area contributed by atoms with Crippen LogP contribution in [0.3, 0.4) is 0 Å². The van der Waals surface area contributed by atoms with Gasteiger partial charge in [0.05, 0.1) is 25.8 Å². The number of aliphatic imine (C=N–C) groups is 2. The van der Waals surface area contributed by atoms with Gasteiger partial charge in [0.15, 0.2) is 0 Å². The van der Waals surface area contributed by atoms with Crippen molar-refractivity contribution < 1.29 is 19.7 Å². The second-order valence-electron chi connectivity index (χ2n) is 18.4. The molecule has 358 valence electrons. The van der Waals surface area contributed by atoms with Crippen LogP contribution in [0.4, 0.5) is 0 Å². The number of rotatable bonds is 42. The summed E-state index contributed by atoms with van der Waals surface area (Å²) in [6, 6.07) is 20.7. The molecule has 0 saturated carbocycles. The molecule has 0 aliphatic carbocycles. The summed E-state index contributed by atoms with van der Waals surface area (Å²) in [7, 11) is 0. The van der Waals surface area contributed by atoms with E-state index in [0.29, 0.717) is 42.4 Å². The molecule has 3 aromatic carbocycles. The summed E-state index contributed by atoms with van der Waals surface area (Å²) in [6.07, 6.45) is 46.6. The Kier molecular flexibility index (Phi) is 32.8. The number of unbranched alkanes of at least 4 members (excludes halogenated alkanes) is 30. The SMILES string of the molecule is CCCCCCCCCCCCCCCCCCOc1ccc(C=NCC(N=Cc2ccc(OCCCCCCCCCCCCCCCCCC)cc2O)c2ccccc2)c(O)c1. The van der Waals surface area contributed by atoms with Crippen LogP contribution in [0.25, 0.3) is 0 Å². The van der Waals surface area contributed by atoms with E-state index in [4.69, 9.17) is 14.5 Å². The monoisotopic (exact) mass is 881 g/mol. The highest BCUT2D eigenvalue weighted by Crippen LogP contribution is 2.26. The van der Waals surface area contributed by atoms with Gasteiger partial charge in [0.1, 0.15) is 23.0 Å². The van der Waals surface area contributed by atoms with E-state index in [-0.39, 0.29) is 17.5 Å². The third kappa shape index (κ3) is 27.5. The molecule has 0 bridgehead atoms. The molecule has 3 aromatic rings. The maximum absolute atomic E-state index is 10.8. The molecule has 0 aliphatic rings. The largest absolute Gasteiger partial charge is 0.507 e. The van der Waals surface area contributed by atoms with Crippen LogP contribution < -0.4 is 9.47 Å². The average molecular weight is 881 g/mol. The molecule has 0 aliphatic heterocycles. The van der Waals surface area contributed by atoms with Crippen LogP contribution in [0.2, 0.25) is 0 Å². The van der Waals surface area contributed by atoms with Crippen molar-refractivity contribution in [3.05, 3.63) is 83.4 Å². The third-order valence-electron chi connectivity index (χ3n) is 12.6.